The second-order valence-corrected chi connectivity index (χ2v) is 3.34. The summed E-state index contributed by atoms with van der Waals surface area (Å²) in [6.07, 6.45) is 1.41. The topological polar surface area (TPSA) is 29.5 Å². The normalized spacial score (nSPS) is 12.5. The average Bonchev–Trinajstić information content (AvgIpc) is 2.26. The number of aliphatic hydroxyl groups is 1. The van der Waals surface area contributed by atoms with Gasteiger partial charge in [-0.2, -0.15) is 0 Å². The van der Waals surface area contributed by atoms with Crippen LogP contribution in [0.15, 0.2) is 24.3 Å². The molecule has 2 nitrogen and oxygen atoms in total. The molecular weight excluding hydrogens is 176 g/mol. The van der Waals surface area contributed by atoms with E-state index in [9.17, 15) is 5.11 Å². The maximum atomic E-state index is 9.56. The molecule has 14 heavy (non-hydrogen) atoms. The Morgan fingerprint density at radius 2 is 1.86 bits per heavy atom. The molecule has 0 radical (unpaired) electrons. The highest BCUT2D eigenvalue weighted by atomic mass is 16.5. The van der Waals surface area contributed by atoms with Crippen LogP contribution in [0.2, 0.25) is 0 Å². The number of rotatable bonds is 5. The quantitative estimate of drug-likeness (QED) is 0.781. The van der Waals surface area contributed by atoms with E-state index in [1.54, 1.807) is 0 Å². The van der Waals surface area contributed by atoms with Crippen LogP contribution in [0.4, 0.5) is 0 Å². The van der Waals surface area contributed by atoms with Gasteiger partial charge in [0.05, 0.1) is 12.7 Å². The third-order valence-corrected chi connectivity index (χ3v) is 2.12. The van der Waals surface area contributed by atoms with Gasteiger partial charge in [-0.15, -0.1) is 0 Å². The number of benzene rings is 1. The molecule has 2 heteroatoms. The van der Waals surface area contributed by atoms with Crippen molar-refractivity contribution in [2.24, 2.45) is 0 Å². The summed E-state index contributed by atoms with van der Waals surface area (Å²) in [5.41, 5.74) is 0.955. The largest absolute Gasteiger partial charge is 0.494 e. The van der Waals surface area contributed by atoms with Crippen LogP contribution in [0.3, 0.4) is 0 Å². The summed E-state index contributed by atoms with van der Waals surface area (Å²) < 4.78 is 5.44. The third-order valence-electron chi connectivity index (χ3n) is 2.12. The van der Waals surface area contributed by atoms with E-state index in [4.69, 9.17) is 4.74 Å². The molecule has 0 bridgehead atoms. The first-order valence-electron chi connectivity index (χ1n) is 5.18. The Morgan fingerprint density at radius 3 is 2.36 bits per heavy atom. The predicted octanol–water partition coefficient (Wildman–Crippen LogP) is 2.92. The SMILES string of the molecule is CCCOc1ccc([C@@H](O)CC)cc1. The van der Waals surface area contributed by atoms with Crippen molar-refractivity contribution in [1.82, 2.24) is 0 Å². The molecule has 1 rings (SSSR count). The molecule has 0 aliphatic rings. The highest BCUT2D eigenvalue weighted by molar-refractivity contribution is 5.28. The van der Waals surface area contributed by atoms with Crippen LogP contribution in [-0.4, -0.2) is 11.7 Å². The van der Waals surface area contributed by atoms with Crippen LogP contribution < -0.4 is 4.74 Å². The van der Waals surface area contributed by atoms with Gasteiger partial charge in [-0.25, -0.2) is 0 Å². The Labute approximate surface area is 85.5 Å². The molecule has 0 unspecified atom stereocenters. The van der Waals surface area contributed by atoms with Gasteiger partial charge in [0, 0.05) is 0 Å². The monoisotopic (exact) mass is 194 g/mol. The van der Waals surface area contributed by atoms with Crippen molar-refractivity contribution in [2.75, 3.05) is 6.61 Å². The summed E-state index contributed by atoms with van der Waals surface area (Å²) in [6, 6.07) is 7.64. The highest BCUT2D eigenvalue weighted by Crippen LogP contribution is 2.19. The standard InChI is InChI=1S/C12H18O2/c1-3-9-14-11-7-5-10(6-8-11)12(13)4-2/h5-8,12-13H,3-4,9H2,1-2H3/t12-/m0/s1. The lowest BCUT2D eigenvalue weighted by molar-refractivity contribution is 0.173. The smallest absolute Gasteiger partial charge is 0.119 e. The summed E-state index contributed by atoms with van der Waals surface area (Å²) in [4.78, 5) is 0. The summed E-state index contributed by atoms with van der Waals surface area (Å²) in [6.45, 7) is 4.79. The first kappa shape index (κ1) is 11.1. The lowest BCUT2D eigenvalue weighted by atomic mass is 10.1. The molecule has 0 heterocycles. The fourth-order valence-electron chi connectivity index (χ4n) is 1.24. The minimum absolute atomic E-state index is 0.352. The van der Waals surface area contributed by atoms with Gasteiger partial charge in [-0.05, 0) is 30.5 Å². The molecule has 0 fully saturated rings. The lowest BCUT2D eigenvalue weighted by Crippen LogP contribution is -1.97. The van der Waals surface area contributed by atoms with Crippen molar-refractivity contribution in [2.45, 2.75) is 32.8 Å². The lowest BCUT2D eigenvalue weighted by Gasteiger charge is -2.09. The molecule has 1 aromatic rings. The molecule has 0 aliphatic carbocycles. The molecule has 1 atom stereocenters. The first-order valence-corrected chi connectivity index (χ1v) is 5.18. The molecule has 0 aromatic heterocycles. The number of ether oxygens (including phenoxy) is 1. The average molecular weight is 194 g/mol. The maximum absolute atomic E-state index is 9.56. The summed E-state index contributed by atoms with van der Waals surface area (Å²) >= 11 is 0. The van der Waals surface area contributed by atoms with Crippen LogP contribution in [0.1, 0.15) is 38.4 Å². The number of hydrogen-bond donors (Lipinski definition) is 1. The van der Waals surface area contributed by atoms with E-state index in [0.29, 0.717) is 0 Å². The Bertz CT molecular complexity index is 254. The minimum atomic E-state index is -0.352. The fourth-order valence-corrected chi connectivity index (χ4v) is 1.24. The van der Waals surface area contributed by atoms with E-state index in [0.717, 1.165) is 30.8 Å². The minimum Gasteiger partial charge on any atom is -0.494 e. The van der Waals surface area contributed by atoms with Crippen molar-refractivity contribution in [3.8, 4) is 5.75 Å². The van der Waals surface area contributed by atoms with E-state index in [1.165, 1.54) is 0 Å². The zero-order valence-electron chi connectivity index (χ0n) is 8.86. The highest BCUT2D eigenvalue weighted by Gasteiger charge is 2.03. The maximum Gasteiger partial charge on any atom is 0.119 e. The Kier molecular flexibility index (Phi) is 4.47. The fraction of sp³-hybridized carbons (Fsp3) is 0.500. The van der Waals surface area contributed by atoms with Crippen molar-refractivity contribution in [3.63, 3.8) is 0 Å². The van der Waals surface area contributed by atoms with Crippen LogP contribution in [-0.2, 0) is 0 Å². The second-order valence-electron chi connectivity index (χ2n) is 3.34. The van der Waals surface area contributed by atoms with E-state index < -0.39 is 0 Å². The molecule has 1 N–H and O–H groups in total. The molecule has 0 spiro atoms. The second kappa shape index (κ2) is 5.66. The molecule has 0 aliphatic heterocycles. The Balaban J connectivity index is 2.59. The van der Waals surface area contributed by atoms with Gasteiger partial charge in [-0.3, -0.25) is 0 Å². The summed E-state index contributed by atoms with van der Waals surface area (Å²) in [5.74, 6) is 0.874. The first-order chi connectivity index (χ1) is 6.77. The molecular formula is C12H18O2. The van der Waals surface area contributed by atoms with Gasteiger partial charge in [0.1, 0.15) is 5.75 Å². The molecule has 1 aromatic carbocycles. The van der Waals surface area contributed by atoms with E-state index in [1.807, 2.05) is 31.2 Å². The summed E-state index contributed by atoms with van der Waals surface area (Å²) in [7, 11) is 0. The third kappa shape index (κ3) is 3.04. The van der Waals surface area contributed by atoms with Gasteiger partial charge >= 0.3 is 0 Å². The van der Waals surface area contributed by atoms with Gasteiger partial charge in [0.25, 0.3) is 0 Å². The van der Waals surface area contributed by atoms with E-state index in [2.05, 4.69) is 6.92 Å². The van der Waals surface area contributed by atoms with Crippen molar-refractivity contribution < 1.29 is 9.84 Å². The van der Waals surface area contributed by atoms with Gasteiger partial charge < -0.3 is 9.84 Å². The van der Waals surface area contributed by atoms with E-state index >= 15 is 0 Å². The zero-order chi connectivity index (χ0) is 10.4. The molecule has 78 valence electrons. The number of aliphatic hydroxyl groups excluding tert-OH is 1. The molecule has 0 saturated heterocycles. The van der Waals surface area contributed by atoms with Crippen molar-refractivity contribution in [1.29, 1.82) is 0 Å². The van der Waals surface area contributed by atoms with Crippen molar-refractivity contribution in [3.05, 3.63) is 29.8 Å². The Hall–Kier alpha value is -1.02. The van der Waals surface area contributed by atoms with Gasteiger partial charge in [0.15, 0.2) is 0 Å². The number of hydrogen-bond acceptors (Lipinski definition) is 2. The zero-order valence-corrected chi connectivity index (χ0v) is 8.86. The van der Waals surface area contributed by atoms with Crippen LogP contribution in [0, 0.1) is 0 Å². The van der Waals surface area contributed by atoms with Crippen LogP contribution in [0.5, 0.6) is 5.75 Å². The summed E-state index contributed by atoms with van der Waals surface area (Å²) in [5, 5.41) is 9.56. The van der Waals surface area contributed by atoms with Gasteiger partial charge in [-0.1, -0.05) is 26.0 Å². The van der Waals surface area contributed by atoms with Gasteiger partial charge in [0.2, 0.25) is 0 Å². The van der Waals surface area contributed by atoms with Crippen LogP contribution in [0.25, 0.3) is 0 Å². The Morgan fingerprint density at radius 1 is 1.21 bits per heavy atom. The van der Waals surface area contributed by atoms with Crippen molar-refractivity contribution >= 4 is 0 Å². The van der Waals surface area contributed by atoms with Crippen LogP contribution >= 0.6 is 0 Å². The van der Waals surface area contributed by atoms with E-state index in [-0.39, 0.29) is 6.10 Å². The molecule has 0 amide bonds. The predicted molar refractivity (Wildman–Crippen MR) is 57.5 cm³/mol. The molecule has 0 saturated carbocycles.